The fourth-order valence-corrected chi connectivity index (χ4v) is 4.43. The van der Waals surface area contributed by atoms with Gasteiger partial charge in [0.25, 0.3) is 0 Å². The molecule has 2 unspecified atom stereocenters. The van der Waals surface area contributed by atoms with E-state index in [0.29, 0.717) is 17.1 Å². The van der Waals surface area contributed by atoms with E-state index in [4.69, 9.17) is 20.9 Å². The van der Waals surface area contributed by atoms with Crippen molar-refractivity contribution in [2.75, 3.05) is 0 Å². The van der Waals surface area contributed by atoms with Crippen LogP contribution in [0.5, 0.6) is 11.5 Å². The Bertz CT molecular complexity index is 948. The van der Waals surface area contributed by atoms with E-state index >= 15 is 0 Å². The summed E-state index contributed by atoms with van der Waals surface area (Å²) in [5.41, 5.74) is 15.9. The average molecular weight is 485 g/mol. The van der Waals surface area contributed by atoms with Crippen LogP contribution in [-0.4, -0.2) is 24.0 Å². The highest BCUT2D eigenvalue weighted by atomic mass is 16.5. The number of hydrogen-bond acceptors (Lipinski definition) is 6. The Morgan fingerprint density at radius 2 is 1.69 bits per heavy atom. The Morgan fingerprint density at radius 3 is 2.20 bits per heavy atom. The minimum atomic E-state index is -0.785. The van der Waals surface area contributed by atoms with Gasteiger partial charge >= 0.3 is 11.9 Å². The normalized spacial score (nSPS) is 19.6. The van der Waals surface area contributed by atoms with E-state index in [2.05, 4.69) is 26.5 Å². The summed E-state index contributed by atoms with van der Waals surface area (Å²) in [4.78, 5) is 25.6. The molecule has 1 aromatic rings. The molecule has 1 aliphatic carbocycles. The summed E-state index contributed by atoms with van der Waals surface area (Å²) in [7, 11) is 0. The molecule has 0 fully saturated rings. The van der Waals surface area contributed by atoms with Gasteiger partial charge in [-0.2, -0.15) is 0 Å². The molecular weight excluding hydrogens is 440 g/mol. The third-order valence-electron chi connectivity index (χ3n) is 6.73. The lowest BCUT2D eigenvalue weighted by Gasteiger charge is -2.33. The summed E-state index contributed by atoms with van der Waals surface area (Å²) in [6.45, 7) is 15.8. The van der Waals surface area contributed by atoms with Gasteiger partial charge in [-0.15, -0.1) is 0 Å². The van der Waals surface area contributed by atoms with E-state index in [1.807, 2.05) is 32.9 Å². The van der Waals surface area contributed by atoms with Crippen LogP contribution in [0.15, 0.2) is 35.9 Å². The average Bonchev–Trinajstić information content (AvgIpc) is 2.78. The second-order valence-electron chi connectivity index (χ2n) is 10.4. The predicted molar refractivity (Wildman–Crippen MR) is 141 cm³/mol. The van der Waals surface area contributed by atoms with E-state index in [-0.39, 0.29) is 17.8 Å². The second-order valence-corrected chi connectivity index (χ2v) is 10.4. The van der Waals surface area contributed by atoms with Crippen molar-refractivity contribution >= 4 is 11.9 Å². The van der Waals surface area contributed by atoms with Crippen LogP contribution < -0.4 is 20.9 Å². The van der Waals surface area contributed by atoms with Gasteiger partial charge in [-0.25, -0.2) is 9.59 Å². The Kier molecular flexibility index (Phi) is 10.7. The van der Waals surface area contributed by atoms with Crippen LogP contribution >= 0.6 is 0 Å². The zero-order valence-corrected chi connectivity index (χ0v) is 22.4. The molecule has 0 bridgehead atoms. The number of allylic oxidation sites excluding steroid dienone is 3. The first-order chi connectivity index (χ1) is 16.5. The van der Waals surface area contributed by atoms with Crippen molar-refractivity contribution in [2.24, 2.45) is 23.3 Å². The van der Waals surface area contributed by atoms with E-state index in [1.54, 1.807) is 6.92 Å². The van der Waals surface area contributed by atoms with Gasteiger partial charge in [0.2, 0.25) is 0 Å². The first kappa shape index (κ1) is 28.8. The lowest BCUT2D eigenvalue weighted by molar-refractivity contribution is -0.137. The minimum absolute atomic E-state index is 0.0749. The first-order valence-electron chi connectivity index (χ1n) is 12.9. The molecule has 0 aromatic heterocycles. The van der Waals surface area contributed by atoms with Crippen LogP contribution in [0.2, 0.25) is 0 Å². The molecule has 0 amide bonds. The number of hydrogen-bond donors (Lipinski definition) is 2. The second kappa shape index (κ2) is 13.0. The SMILES string of the molecule is C=C(C)C1CCC(C)=CC1c1c(OC(=O)[C@H](C)N)cc(CCCCC)cc1OC(=O)[C@@H](N)C(C)C. The molecule has 0 radical (unpaired) electrons. The van der Waals surface area contributed by atoms with Gasteiger partial charge in [-0.1, -0.05) is 57.4 Å². The van der Waals surface area contributed by atoms with E-state index in [9.17, 15) is 9.59 Å². The predicted octanol–water partition coefficient (Wildman–Crippen LogP) is 5.58. The molecule has 0 spiro atoms. The third-order valence-corrected chi connectivity index (χ3v) is 6.73. The minimum Gasteiger partial charge on any atom is -0.425 e. The Hall–Kier alpha value is -2.44. The number of esters is 2. The highest BCUT2D eigenvalue weighted by molar-refractivity contribution is 5.80. The zero-order chi connectivity index (χ0) is 26.3. The highest BCUT2D eigenvalue weighted by Gasteiger charge is 2.33. The molecule has 0 saturated carbocycles. The fourth-order valence-electron chi connectivity index (χ4n) is 4.43. The van der Waals surface area contributed by atoms with Crippen LogP contribution in [0.25, 0.3) is 0 Å². The summed E-state index contributed by atoms with van der Waals surface area (Å²) in [5.74, 6) is -0.349. The maximum Gasteiger partial charge on any atom is 0.328 e. The molecule has 0 saturated heterocycles. The molecular formula is C29H44N2O4. The van der Waals surface area contributed by atoms with Crippen LogP contribution in [0.3, 0.4) is 0 Å². The van der Waals surface area contributed by atoms with Crippen molar-refractivity contribution in [3.63, 3.8) is 0 Å². The fraction of sp³-hybridized carbons (Fsp3) is 0.586. The van der Waals surface area contributed by atoms with Crippen molar-refractivity contribution in [3.05, 3.63) is 47.1 Å². The molecule has 0 heterocycles. The first-order valence-corrected chi connectivity index (χ1v) is 12.9. The van der Waals surface area contributed by atoms with Crippen LogP contribution in [0.1, 0.15) is 90.7 Å². The Labute approximate surface area is 211 Å². The molecule has 194 valence electrons. The summed E-state index contributed by atoms with van der Waals surface area (Å²) in [6, 6.07) is 2.26. The van der Waals surface area contributed by atoms with Crippen molar-refractivity contribution in [2.45, 2.75) is 98.1 Å². The molecule has 2 rings (SSSR count). The van der Waals surface area contributed by atoms with Crippen molar-refractivity contribution < 1.29 is 19.1 Å². The number of ether oxygens (including phenoxy) is 2. The number of carbonyl (C=O) groups is 2. The highest BCUT2D eigenvalue weighted by Crippen LogP contribution is 2.47. The smallest absolute Gasteiger partial charge is 0.328 e. The van der Waals surface area contributed by atoms with Crippen LogP contribution in [0.4, 0.5) is 0 Å². The molecule has 1 aliphatic rings. The number of rotatable bonds is 11. The Morgan fingerprint density at radius 1 is 1.09 bits per heavy atom. The van der Waals surface area contributed by atoms with Gasteiger partial charge in [0, 0.05) is 11.5 Å². The topological polar surface area (TPSA) is 105 Å². The largest absolute Gasteiger partial charge is 0.425 e. The summed E-state index contributed by atoms with van der Waals surface area (Å²) >= 11 is 0. The van der Waals surface area contributed by atoms with E-state index < -0.39 is 24.0 Å². The monoisotopic (exact) mass is 484 g/mol. The van der Waals surface area contributed by atoms with Crippen LogP contribution in [0, 0.1) is 11.8 Å². The maximum absolute atomic E-state index is 13.0. The summed E-state index contributed by atoms with van der Waals surface area (Å²) < 4.78 is 11.8. The quantitative estimate of drug-likeness (QED) is 0.184. The lowest BCUT2D eigenvalue weighted by Crippen LogP contribution is -2.39. The number of unbranched alkanes of at least 4 members (excludes halogenated alkanes) is 2. The molecule has 6 nitrogen and oxygen atoms in total. The van der Waals surface area contributed by atoms with Gasteiger partial charge in [0.15, 0.2) is 0 Å². The van der Waals surface area contributed by atoms with Crippen molar-refractivity contribution in [1.82, 2.24) is 0 Å². The van der Waals surface area contributed by atoms with E-state index in [0.717, 1.165) is 49.7 Å². The number of benzene rings is 1. The molecule has 6 heteroatoms. The van der Waals surface area contributed by atoms with Gasteiger partial charge < -0.3 is 20.9 Å². The molecule has 0 aliphatic heterocycles. The number of nitrogens with two attached hydrogens (primary N) is 2. The van der Waals surface area contributed by atoms with Crippen LogP contribution in [-0.2, 0) is 16.0 Å². The summed E-state index contributed by atoms with van der Waals surface area (Å²) in [5, 5.41) is 0. The van der Waals surface area contributed by atoms with Crippen molar-refractivity contribution in [1.29, 1.82) is 0 Å². The van der Waals surface area contributed by atoms with Crippen molar-refractivity contribution in [3.8, 4) is 11.5 Å². The Balaban J connectivity index is 2.72. The standard InChI is InChI=1S/C29H44N2O4/c1-8-9-10-11-21-15-24(34-28(32)20(7)30)26(23-14-19(6)12-13-22(23)17(2)3)25(16-21)35-29(33)27(31)18(4)5/h14-16,18,20,22-23,27H,2,8-13,30-31H2,1,3-7H3/t20-,22?,23?,27-/m0/s1. The molecule has 1 aromatic carbocycles. The lowest BCUT2D eigenvalue weighted by atomic mass is 9.73. The molecule has 35 heavy (non-hydrogen) atoms. The number of aryl methyl sites for hydroxylation is 1. The molecule has 4 N–H and O–H groups in total. The van der Waals surface area contributed by atoms with Gasteiger partial charge in [0.05, 0.1) is 0 Å². The van der Waals surface area contributed by atoms with E-state index in [1.165, 1.54) is 5.57 Å². The summed E-state index contributed by atoms with van der Waals surface area (Å²) in [6.07, 6.45) is 7.98. The maximum atomic E-state index is 13.0. The van der Waals surface area contributed by atoms with Gasteiger partial charge in [-0.05, 0) is 76.0 Å². The number of carbonyl (C=O) groups excluding carboxylic acids is 2. The molecule has 4 atom stereocenters. The third kappa shape index (κ3) is 7.77. The zero-order valence-electron chi connectivity index (χ0n) is 22.4. The van der Waals surface area contributed by atoms with Gasteiger partial charge in [-0.3, -0.25) is 0 Å². The van der Waals surface area contributed by atoms with Gasteiger partial charge in [0.1, 0.15) is 23.6 Å².